The van der Waals surface area contributed by atoms with E-state index in [1.807, 2.05) is 26.0 Å². The molecule has 0 saturated carbocycles. The molecule has 78 valence electrons. The molecule has 0 aromatic carbocycles. The van der Waals surface area contributed by atoms with Crippen molar-refractivity contribution in [3.63, 3.8) is 0 Å². The third-order valence-electron chi connectivity index (χ3n) is 2.23. The van der Waals surface area contributed by atoms with Crippen LogP contribution in [0.4, 0.5) is 0 Å². The van der Waals surface area contributed by atoms with Crippen molar-refractivity contribution in [2.45, 2.75) is 27.7 Å². The fourth-order valence-electron chi connectivity index (χ4n) is 1.37. The van der Waals surface area contributed by atoms with Gasteiger partial charge in [-0.2, -0.15) is 0 Å². The summed E-state index contributed by atoms with van der Waals surface area (Å²) in [4.78, 5) is 0. The lowest BCUT2D eigenvalue weighted by Gasteiger charge is -2.06. The molecular weight excluding hydrogens is 176 g/mol. The van der Waals surface area contributed by atoms with Crippen LogP contribution < -0.4 is 0 Å². The normalized spacial score (nSPS) is 23.1. The molecule has 1 saturated heterocycles. The maximum atomic E-state index is 5.37. The Kier molecular flexibility index (Phi) is 3.81. The summed E-state index contributed by atoms with van der Waals surface area (Å²) >= 11 is 0. The van der Waals surface area contributed by atoms with E-state index < -0.39 is 0 Å². The Bertz CT molecular complexity index is 283. The van der Waals surface area contributed by atoms with E-state index >= 15 is 0 Å². The van der Waals surface area contributed by atoms with E-state index in [1.165, 1.54) is 5.57 Å². The number of allylic oxidation sites excluding steroid dienone is 4. The minimum Gasteiger partial charge on any atom is -0.454 e. The second-order valence-corrected chi connectivity index (χ2v) is 3.51. The predicted molar refractivity (Wildman–Crippen MR) is 57.5 cm³/mol. The molecule has 0 amide bonds. The van der Waals surface area contributed by atoms with Crippen LogP contribution in [0.25, 0.3) is 0 Å². The van der Waals surface area contributed by atoms with Gasteiger partial charge in [-0.3, -0.25) is 0 Å². The van der Waals surface area contributed by atoms with Crippen LogP contribution in [-0.2, 0) is 9.47 Å². The van der Waals surface area contributed by atoms with Crippen LogP contribution in [0.3, 0.4) is 0 Å². The highest BCUT2D eigenvalue weighted by Crippen LogP contribution is 2.24. The van der Waals surface area contributed by atoms with E-state index in [0.29, 0.717) is 12.7 Å². The Morgan fingerprint density at radius 1 is 1.21 bits per heavy atom. The van der Waals surface area contributed by atoms with Crippen LogP contribution in [0.2, 0.25) is 0 Å². The van der Waals surface area contributed by atoms with Crippen molar-refractivity contribution in [2.75, 3.05) is 6.79 Å². The Morgan fingerprint density at radius 3 is 2.36 bits per heavy atom. The highest BCUT2D eigenvalue weighted by atomic mass is 16.7. The SMILES string of the molecule is C\C=C(/C=C1/OCO/C1=C/C)C(C)C. The largest absolute Gasteiger partial charge is 0.454 e. The van der Waals surface area contributed by atoms with E-state index in [0.717, 1.165) is 11.5 Å². The van der Waals surface area contributed by atoms with Gasteiger partial charge in [-0.05, 0) is 37.5 Å². The molecule has 0 atom stereocenters. The van der Waals surface area contributed by atoms with Crippen LogP contribution in [0.15, 0.2) is 35.3 Å². The average Bonchev–Trinajstić information content (AvgIpc) is 2.60. The zero-order chi connectivity index (χ0) is 10.6. The van der Waals surface area contributed by atoms with E-state index in [1.54, 1.807) is 0 Å². The first kappa shape index (κ1) is 10.9. The Hall–Kier alpha value is -1.18. The predicted octanol–water partition coefficient (Wildman–Crippen LogP) is 3.38. The number of ether oxygens (including phenoxy) is 2. The smallest absolute Gasteiger partial charge is 0.231 e. The summed E-state index contributed by atoms with van der Waals surface area (Å²) in [6, 6.07) is 0. The summed E-state index contributed by atoms with van der Waals surface area (Å²) < 4.78 is 10.7. The molecular formula is C12H18O2. The Balaban J connectivity index is 2.86. The fourth-order valence-corrected chi connectivity index (χ4v) is 1.37. The molecule has 1 rings (SSSR count). The molecule has 1 fully saturated rings. The third-order valence-corrected chi connectivity index (χ3v) is 2.23. The molecule has 0 bridgehead atoms. The first-order valence-corrected chi connectivity index (χ1v) is 4.99. The van der Waals surface area contributed by atoms with Gasteiger partial charge in [0.2, 0.25) is 6.79 Å². The summed E-state index contributed by atoms with van der Waals surface area (Å²) in [7, 11) is 0. The minimum atomic E-state index is 0.334. The van der Waals surface area contributed by atoms with Gasteiger partial charge in [0.1, 0.15) is 0 Å². The lowest BCUT2D eigenvalue weighted by Crippen LogP contribution is -1.93. The lowest BCUT2D eigenvalue weighted by molar-refractivity contribution is 0.0975. The van der Waals surface area contributed by atoms with Gasteiger partial charge in [0.15, 0.2) is 11.5 Å². The fraction of sp³-hybridized carbons (Fsp3) is 0.500. The maximum absolute atomic E-state index is 5.37. The molecule has 0 aromatic heterocycles. The summed E-state index contributed by atoms with van der Waals surface area (Å²) in [5.41, 5.74) is 1.27. The van der Waals surface area contributed by atoms with Crippen LogP contribution in [0, 0.1) is 5.92 Å². The number of rotatable bonds is 2. The summed E-state index contributed by atoms with van der Waals surface area (Å²) in [5, 5.41) is 0. The quantitative estimate of drug-likeness (QED) is 0.671. The standard InChI is InChI=1S/C12H18O2/c1-5-10(9(3)4)7-12-11(6-2)13-8-14-12/h5-7,9H,8H2,1-4H3/b10-5+,11-6+,12-7+. The minimum absolute atomic E-state index is 0.334. The number of hydrogen-bond acceptors (Lipinski definition) is 2. The van der Waals surface area contributed by atoms with Crippen LogP contribution >= 0.6 is 0 Å². The molecule has 0 N–H and O–H groups in total. The number of hydrogen-bond donors (Lipinski definition) is 0. The molecule has 2 nitrogen and oxygen atoms in total. The molecule has 1 aliphatic heterocycles. The van der Waals surface area contributed by atoms with Gasteiger partial charge >= 0.3 is 0 Å². The maximum Gasteiger partial charge on any atom is 0.231 e. The van der Waals surface area contributed by atoms with Crippen molar-refractivity contribution in [1.82, 2.24) is 0 Å². The lowest BCUT2D eigenvalue weighted by atomic mass is 10.0. The van der Waals surface area contributed by atoms with Crippen LogP contribution in [0.1, 0.15) is 27.7 Å². The zero-order valence-electron chi connectivity index (χ0n) is 9.33. The van der Waals surface area contributed by atoms with Crippen LogP contribution in [0.5, 0.6) is 0 Å². The molecule has 14 heavy (non-hydrogen) atoms. The second kappa shape index (κ2) is 4.89. The van der Waals surface area contributed by atoms with E-state index in [-0.39, 0.29) is 0 Å². The molecule has 2 heteroatoms. The van der Waals surface area contributed by atoms with Gasteiger partial charge in [-0.25, -0.2) is 0 Å². The Morgan fingerprint density at radius 2 is 1.86 bits per heavy atom. The molecule has 1 aliphatic rings. The van der Waals surface area contributed by atoms with Gasteiger partial charge in [-0.15, -0.1) is 0 Å². The highest BCUT2D eigenvalue weighted by molar-refractivity contribution is 5.31. The Labute approximate surface area is 85.9 Å². The van der Waals surface area contributed by atoms with Crippen molar-refractivity contribution in [3.05, 3.63) is 35.3 Å². The van der Waals surface area contributed by atoms with Crippen molar-refractivity contribution < 1.29 is 9.47 Å². The van der Waals surface area contributed by atoms with Gasteiger partial charge in [0.05, 0.1) is 0 Å². The first-order valence-electron chi connectivity index (χ1n) is 4.99. The van der Waals surface area contributed by atoms with Gasteiger partial charge in [0.25, 0.3) is 0 Å². The molecule has 0 aromatic rings. The molecule has 0 aliphatic carbocycles. The van der Waals surface area contributed by atoms with Gasteiger partial charge in [0, 0.05) is 0 Å². The summed E-state index contributed by atoms with van der Waals surface area (Å²) in [6.45, 7) is 8.65. The zero-order valence-corrected chi connectivity index (χ0v) is 9.33. The summed E-state index contributed by atoms with van der Waals surface area (Å²) in [5.74, 6) is 2.19. The van der Waals surface area contributed by atoms with Crippen LogP contribution in [-0.4, -0.2) is 6.79 Å². The average molecular weight is 194 g/mol. The van der Waals surface area contributed by atoms with E-state index in [9.17, 15) is 0 Å². The topological polar surface area (TPSA) is 18.5 Å². The second-order valence-electron chi connectivity index (χ2n) is 3.51. The van der Waals surface area contributed by atoms with Gasteiger partial charge in [-0.1, -0.05) is 19.9 Å². The van der Waals surface area contributed by atoms with Crippen molar-refractivity contribution in [2.24, 2.45) is 5.92 Å². The highest BCUT2D eigenvalue weighted by Gasteiger charge is 2.15. The third kappa shape index (κ3) is 2.41. The van der Waals surface area contributed by atoms with Crippen molar-refractivity contribution in [3.8, 4) is 0 Å². The van der Waals surface area contributed by atoms with E-state index in [2.05, 4.69) is 19.9 Å². The summed E-state index contributed by atoms with van der Waals surface area (Å²) in [6.07, 6.45) is 6.08. The van der Waals surface area contributed by atoms with Gasteiger partial charge < -0.3 is 9.47 Å². The molecule has 0 unspecified atom stereocenters. The van der Waals surface area contributed by atoms with E-state index in [4.69, 9.17) is 9.47 Å². The molecule has 0 spiro atoms. The molecule has 0 radical (unpaired) electrons. The molecule has 1 heterocycles. The monoisotopic (exact) mass is 194 g/mol. The first-order chi connectivity index (χ1) is 6.69. The van der Waals surface area contributed by atoms with Crippen molar-refractivity contribution in [1.29, 1.82) is 0 Å². The van der Waals surface area contributed by atoms with Crippen molar-refractivity contribution >= 4 is 0 Å².